The van der Waals surface area contributed by atoms with E-state index in [9.17, 15) is 9.90 Å². The van der Waals surface area contributed by atoms with Crippen LogP contribution < -0.4 is 4.74 Å². The topological polar surface area (TPSA) is 66.8 Å². The van der Waals surface area contributed by atoms with Crippen molar-refractivity contribution in [2.45, 2.75) is 19.3 Å². The van der Waals surface area contributed by atoms with E-state index in [4.69, 9.17) is 9.84 Å². The number of hydrogen-bond acceptors (Lipinski definition) is 3. The Kier molecular flexibility index (Phi) is 2.88. The molecule has 1 aromatic rings. The zero-order valence-corrected chi connectivity index (χ0v) is 8.94. The maximum Gasteiger partial charge on any atom is 0.313 e. The fourth-order valence-electron chi connectivity index (χ4n) is 1.30. The van der Waals surface area contributed by atoms with E-state index >= 15 is 0 Å². The zero-order chi connectivity index (χ0) is 11.6. The SMILES string of the molecule is COc1ccc(O)cc1C(C)(C)C(=O)O. The molecule has 0 amide bonds. The molecule has 82 valence electrons. The van der Waals surface area contributed by atoms with E-state index < -0.39 is 11.4 Å². The molecule has 15 heavy (non-hydrogen) atoms. The molecule has 0 saturated carbocycles. The molecule has 0 fully saturated rings. The third-order valence-electron chi connectivity index (χ3n) is 2.39. The van der Waals surface area contributed by atoms with Crippen LogP contribution in [0.2, 0.25) is 0 Å². The van der Waals surface area contributed by atoms with E-state index in [1.165, 1.54) is 19.2 Å². The lowest BCUT2D eigenvalue weighted by Gasteiger charge is -2.22. The first-order valence-electron chi connectivity index (χ1n) is 4.50. The molecule has 4 heteroatoms. The molecular weight excluding hydrogens is 196 g/mol. The van der Waals surface area contributed by atoms with Gasteiger partial charge in [0.1, 0.15) is 11.5 Å². The Labute approximate surface area is 88.1 Å². The quantitative estimate of drug-likeness (QED) is 0.797. The molecule has 0 atom stereocenters. The largest absolute Gasteiger partial charge is 0.508 e. The van der Waals surface area contributed by atoms with Gasteiger partial charge in [-0.3, -0.25) is 4.79 Å². The predicted octanol–water partition coefficient (Wildman–Crippen LogP) is 1.76. The average Bonchev–Trinajstić information content (AvgIpc) is 2.17. The number of phenols is 1. The number of rotatable bonds is 3. The van der Waals surface area contributed by atoms with Gasteiger partial charge in [-0.25, -0.2) is 0 Å². The highest BCUT2D eigenvalue weighted by atomic mass is 16.5. The Morgan fingerprint density at radius 3 is 2.47 bits per heavy atom. The van der Waals surface area contributed by atoms with E-state index in [1.807, 2.05) is 0 Å². The normalized spacial score (nSPS) is 11.1. The Morgan fingerprint density at radius 2 is 2.00 bits per heavy atom. The van der Waals surface area contributed by atoms with Gasteiger partial charge in [-0.1, -0.05) is 0 Å². The summed E-state index contributed by atoms with van der Waals surface area (Å²) in [5.74, 6) is -0.480. The summed E-state index contributed by atoms with van der Waals surface area (Å²) in [4.78, 5) is 11.1. The molecule has 2 N–H and O–H groups in total. The van der Waals surface area contributed by atoms with Crippen molar-refractivity contribution in [2.24, 2.45) is 0 Å². The van der Waals surface area contributed by atoms with E-state index in [0.717, 1.165) is 0 Å². The number of carboxylic acid groups (broad SMARTS) is 1. The van der Waals surface area contributed by atoms with Crippen molar-refractivity contribution in [3.63, 3.8) is 0 Å². The zero-order valence-electron chi connectivity index (χ0n) is 8.94. The van der Waals surface area contributed by atoms with Crippen LogP contribution in [0.4, 0.5) is 0 Å². The Bertz CT molecular complexity index is 382. The molecule has 0 aliphatic rings. The summed E-state index contributed by atoms with van der Waals surface area (Å²) >= 11 is 0. The van der Waals surface area contributed by atoms with Gasteiger partial charge in [-0.2, -0.15) is 0 Å². The Balaban J connectivity index is 3.34. The lowest BCUT2D eigenvalue weighted by molar-refractivity contribution is -0.142. The molecule has 1 aromatic carbocycles. The van der Waals surface area contributed by atoms with Crippen molar-refractivity contribution in [3.05, 3.63) is 23.8 Å². The monoisotopic (exact) mass is 210 g/mol. The number of methoxy groups -OCH3 is 1. The van der Waals surface area contributed by atoms with Gasteiger partial charge < -0.3 is 14.9 Å². The number of carboxylic acids is 1. The molecule has 0 aliphatic carbocycles. The molecule has 0 spiro atoms. The molecule has 1 rings (SSSR count). The van der Waals surface area contributed by atoms with Crippen molar-refractivity contribution >= 4 is 5.97 Å². The van der Waals surface area contributed by atoms with Gasteiger partial charge in [-0.05, 0) is 32.0 Å². The first-order valence-corrected chi connectivity index (χ1v) is 4.50. The first-order chi connectivity index (χ1) is 6.89. The van der Waals surface area contributed by atoms with E-state index in [-0.39, 0.29) is 5.75 Å². The average molecular weight is 210 g/mol. The molecule has 0 saturated heterocycles. The van der Waals surface area contributed by atoms with Gasteiger partial charge in [-0.15, -0.1) is 0 Å². The summed E-state index contributed by atoms with van der Waals surface area (Å²) in [5.41, 5.74) is -0.637. The van der Waals surface area contributed by atoms with Crippen molar-refractivity contribution in [1.29, 1.82) is 0 Å². The van der Waals surface area contributed by atoms with Crippen molar-refractivity contribution in [2.75, 3.05) is 7.11 Å². The van der Waals surface area contributed by atoms with Crippen LogP contribution in [-0.2, 0) is 10.2 Å². The van der Waals surface area contributed by atoms with Crippen LogP contribution in [0.3, 0.4) is 0 Å². The lowest BCUT2D eigenvalue weighted by Crippen LogP contribution is -2.28. The molecule has 0 bridgehead atoms. The van der Waals surface area contributed by atoms with Crippen LogP contribution in [-0.4, -0.2) is 23.3 Å². The van der Waals surface area contributed by atoms with Gasteiger partial charge in [0.2, 0.25) is 0 Å². The van der Waals surface area contributed by atoms with Gasteiger partial charge >= 0.3 is 5.97 Å². The van der Waals surface area contributed by atoms with Crippen LogP contribution in [0.25, 0.3) is 0 Å². The molecule has 4 nitrogen and oxygen atoms in total. The van der Waals surface area contributed by atoms with Gasteiger partial charge in [0.25, 0.3) is 0 Å². The Hall–Kier alpha value is -1.71. The van der Waals surface area contributed by atoms with Crippen molar-refractivity contribution in [1.82, 2.24) is 0 Å². The summed E-state index contributed by atoms with van der Waals surface area (Å²) in [6.07, 6.45) is 0. The highest BCUT2D eigenvalue weighted by Crippen LogP contribution is 2.34. The maximum absolute atomic E-state index is 11.1. The summed E-state index contributed by atoms with van der Waals surface area (Å²) in [5, 5.41) is 18.4. The molecule has 0 heterocycles. The van der Waals surface area contributed by atoms with Crippen LogP contribution in [0.1, 0.15) is 19.4 Å². The minimum absolute atomic E-state index is 0.0279. The molecule has 0 unspecified atom stereocenters. The van der Waals surface area contributed by atoms with Crippen LogP contribution in [0.5, 0.6) is 11.5 Å². The van der Waals surface area contributed by atoms with Gasteiger partial charge in [0.15, 0.2) is 0 Å². The number of ether oxygens (including phenoxy) is 1. The summed E-state index contributed by atoms with van der Waals surface area (Å²) < 4.78 is 5.06. The van der Waals surface area contributed by atoms with Gasteiger partial charge in [0.05, 0.1) is 12.5 Å². The molecule has 0 radical (unpaired) electrons. The predicted molar refractivity (Wildman–Crippen MR) is 55.3 cm³/mol. The van der Waals surface area contributed by atoms with Gasteiger partial charge in [0, 0.05) is 5.56 Å². The second kappa shape index (κ2) is 3.81. The van der Waals surface area contributed by atoms with E-state index in [2.05, 4.69) is 0 Å². The highest BCUT2D eigenvalue weighted by molar-refractivity contribution is 5.81. The summed E-state index contributed by atoms with van der Waals surface area (Å²) in [6, 6.07) is 4.42. The fourth-order valence-corrected chi connectivity index (χ4v) is 1.30. The highest BCUT2D eigenvalue weighted by Gasteiger charge is 2.32. The third kappa shape index (κ3) is 2.03. The number of hydrogen-bond donors (Lipinski definition) is 2. The van der Waals surface area contributed by atoms with E-state index in [0.29, 0.717) is 11.3 Å². The standard InChI is InChI=1S/C11H14O4/c1-11(2,10(13)14)8-6-7(12)4-5-9(8)15-3/h4-6,12H,1-3H3,(H,13,14). The Morgan fingerprint density at radius 1 is 1.40 bits per heavy atom. The molecule has 0 aliphatic heterocycles. The third-order valence-corrected chi connectivity index (χ3v) is 2.39. The number of phenolic OH excluding ortho intramolecular Hbond substituents is 1. The first kappa shape index (κ1) is 11.4. The second-order valence-corrected chi connectivity index (χ2v) is 3.81. The smallest absolute Gasteiger partial charge is 0.313 e. The number of carbonyl (C=O) groups is 1. The van der Waals surface area contributed by atoms with Crippen LogP contribution in [0.15, 0.2) is 18.2 Å². The summed E-state index contributed by atoms with van der Waals surface area (Å²) in [7, 11) is 1.47. The second-order valence-electron chi connectivity index (χ2n) is 3.81. The number of aromatic hydroxyl groups is 1. The van der Waals surface area contributed by atoms with Crippen molar-refractivity contribution < 1.29 is 19.7 Å². The van der Waals surface area contributed by atoms with Crippen molar-refractivity contribution in [3.8, 4) is 11.5 Å². The molecular formula is C11H14O4. The minimum Gasteiger partial charge on any atom is -0.508 e. The molecule has 0 aromatic heterocycles. The number of benzene rings is 1. The number of aliphatic carboxylic acids is 1. The van der Waals surface area contributed by atoms with Crippen LogP contribution >= 0.6 is 0 Å². The lowest BCUT2D eigenvalue weighted by atomic mass is 9.84. The van der Waals surface area contributed by atoms with Crippen LogP contribution in [0, 0.1) is 0 Å². The summed E-state index contributed by atoms with van der Waals surface area (Å²) in [6.45, 7) is 3.12. The maximum atomic E-state index is 11.1. The fraction of sp³-hybridized carbons (Fsp3) is 0.364. The van der Waals surface area contributed by atoms with E-state index in [1.54, 1.807) is 19.9 Å². The minimum atomic E-state index is -1.09.